The molecule has 2 heteroatoms. The molecule has 0 N–H and O–H groups in total. The van der Waals surface area contributed by atoms with E-state index in [0.717, 1.165) is 6.42 Å². The van der Waals surface area contributed by atoms with E-state index in [9.17, 15) is 4.79 Å². The average Bonchev–Trinajstić information content (AvgIpc) is 2.47. The van der Waals surface area contributed by atoms with Crippen LogP contribution in [0.15, 0.2) is 54.6 Å². The maximum Gasteiger partial charge on any atom is 0.166 e. The van der Waals surface area contributed by atoms with Crippen LogP contribution < -0.4 is 4.74 Å². The van der Waals surface area contributed by atoms with Crippen molar-refractivity contribution in [1.29, 1.82) is 0 Å². The normalized spacial score (nSPS) is 10.2. The number of carbonyl (C=O) groups excluding carboxylic acids is 1. The molecular weight excluding hydrogens is 236 g/mol. The fourth-order valence-electron chi connectivity index (χ4n) is 2.02. The van der Waals surface area contributed by atoms with Gasteiger partial charge in [-0.15, -0.1) is 0 Å². The largest absolute Gasteiger partial charge is 0.493 e. The van der Waals surface area contributed by atoms with Gasteiger partial charge in [0, 0.05) is 6.42 Å². The van der Waals surface area contributed by atoms with E-state index in [1.807, 2.05) is 61.5 Å². The van der Waals surface area contributed by atoms with E-state index >= 15 is 0 Å². The molecule has 0 radical (unpaired) electrons. The number of carbonyl (C=O) groups is 1. The predicted molar refractivity (Wildman–Crippen MR) is 76.7 cm³/mol. The van der Waals surface area contributed by atoms with Crippen LogP contribution in [-0.2, 0) is 6.42 Å². The van der Waals surface area contributed by atoms with Gasteiger partial charge < -0.3 is 4.74 Å². The van der Waals surface area contributed by atoms with Crippen LogP contribution in [0.3, 0.4) is 0 Å². The van der Waals surface area contributed by atoms with Gasteiger partial charge in [-0.05, 0) is 31.0 Å². The van der Waals surface area contributed by atoms with Gasteiger partial charge in [0.2, 0.25) is 0 Å². The average molecular weight is 254 g/mol. The molecule has 2 aromatic rings. The number of ketones is 1. The third kappa shape index (κ3) is 3.68. The Kier molecular flexibility index (Phi) is 4.73. The first-order chi connectivity index (χ1) is 9.31. The Morgan fingerprint density at radius 1 is 1.00 bits per heavy atom. The van der Waals surface area contributed by atoms with Crippen LogP contribution in [0, 0.1) is 0 Å². The van der Waals surface area contributed by atoms with Crippen molar-refractivity contribution in [2.45, 2.75) is 19.8 Å². The number of benzene rings is 2. The second kappa shape index (κ2) is 6.74. The lowest BCUT2D eigenvalue weighted by molar-refractivity contribution is 0.0979. The van der Waals surface area contributed by atoms with Crippen molar-refractivity contribution >= 4 is 5.78 Å². The number of Topliss-reactive ketones (excluding diaryl/α,β-unsaturated/α-hetero) is 1. The Balaban J connectivity index is 2.04. The first-order valence-corrected chi connectivity index (χ1v) is 6.60. The summed E-state index contributed by atoms with van der Waals surface area (Å²) in [5.41, 5.74) is 1.87. The van der Waals surface area contributed by atoms with Crippen molar-refractivity contribution < 1.29 is 9.53 Å². The van der Waals surface area contributed by atoms with Gasteiger partial charge in [-0.3, -0.25) is 4.79 Å². The summed E-state index contributed by atoms with van der Waals surface area (Å²) in [7, 11) is 0. The zero-order chi connectivity index (χ0) is 13.5. The first kappa shape index (κ1) is 13.3. The van der Waals surface area contributed by atoms with Crippen LogP contribution in [-0.4, -0.2) is 12.4 Å². The zero-order valence-electron chi connectivity index (χ0n) is 11.1. The quantitative estimate of drug-likeness (QED) is 0.731. The van der Waals surface area contributed by atoms with Crippen LogP contribution in [0.25, 0.3) is 0 Å². The molecule has 0 unspecified atom stereocenters. The standard InChI is InChI=1S/C17H18O2/c1-2-19-17-11-7-6-10-15(17)16(18)13-12-14-8-4-3-5-9-14/h3-11H,2,12-13H2,1H3. The summed E-state index contributed by atoms with van der Waals surface area (Å²) >= 11 is 0. The molecule has 98 valence electrons. The van der Waals surface area contributed by atoms with Gasteiger partial charge in [0.25, 0.3) is 0 Å². The lowest BCUT2D eigenvalue weighted by Crippen LogP contribution is -2.05. The van der Waals surface area contributed by atoms with Crippen molar-refractivity contribution in [2.75, 3.05) is 6.61 Å². The molecular formula is C17H18O2. The lowest BCUT2D eigenvalue weighted by Gasteiger charge is -2.09. The first-order valence-electron chi connectivity index (χ1n) is 6.60. The third-order valence-corrected chi connectivity index (χ3v) is 2.97. The number of hydrogen-bond acceptors (Lipinski definition) is 2. The highest BCUT2D eigenvalue weighted by Crippen LogP contribution is 2.20. The molecule has 0 heterocycles. The smallest absolute Gasteiger partial charge is 0.166 e. The Labute approximate surface area is 114 Å². The Morgan fingerprint density at radius 3 is 2.42 bits per heavy atom. The summed E-state index contributed by atoms with van der Waals surface area (Å²) in [6, 6.07) is 17.5. The summed E-state index contributed by atoms with van der Waals surface area (Å²) in [5.74, 6) is 0.816. The summed E-state index contributed by atoms with van der Waals surface area (Å²) in [5, 5.41) is 0. The number of rotatable bonds is 6. The molecule has 0 saturated heterocycles. The molecule has 0 aromatic heterocycles. The molecule has 2 rings (SSSR count). The molecule has 2 aromatic carbocycles. The van der Waals surface area contributed by atoms with Gasteiger partial charge >= 0.3 is 0 Å². The van der Waals surface area contributed by atoms with E-state index in [0.29, 0.717) is 24.3 Å². The van der Waals surface area contributed by atoms with Gasteiger partial charge in [0.05, 0.1) is 12.2 Å². The van der Waals surface area contributed by atoms with Gasteiger partial charge in [0.15, 0.2) is 5.78 Å². The van der Waals surface area contributed by atoms with E-state index in [1.54, 1.807) is 0 Å². The second-order valence-electron chi connectivity index (χ2n) is 4.34. The SMILES string of the molecule is CCOc1ccccc1C(=O)CCc1ccccc1. The predicted octanol–water partition coefficient (Wildman–Crippen LogP) is 3.90. The molecule has 0 aliphatic rings. The summed E-state index contributed by atoms with van der Waals surface area (Å²) in [6.07, 6.45) is 1.27. The topological polar surface area (TPSA) is 26.3 Å². The fraction of sp³-hybridized carbons (Fsp3) is 0.235. The van der Waals surface area contributed by atoms with Gasteiger partial charge in [-0.2, -0.15) is 0 Å². The minimum Gasteiger partial charge on any atom is -0.493 e. The highest BCUT2D eigenvalue weighted by Gasteiger charge is 2.11. The molecule has 0 aliphatic carbocycles. The third-order valence-electron chi connectivity index (χ3n) is 2.97. The van der Waals surface area contributed by atoms with Crippen molar-refractivity contribution in [2.24, 2.45) is 0 Å². The highest BCUT2D eigenvalue weighted by molar-refractivity contribution is 5.98. The molecule has 0 fully saturated rings. The molecule has 0 amide bonds. The zero-order valence-corrected chi connectivity index (χ0v) is 11.1. The van der Waals surface area contributed by atoms with Crippen molar-refractivity contribution in [3.8, 4) is 5.75 Å². The van der Waals surface area contributed by atoms with Crippen molar-refractivity contribution in [1.82, 2.24) is 0 Å². The minimum atomic E-state index is 0.132. The summed E-state index contributed by atoms with van der Waals surface area (Å²) in [4.78, 5) is 12.2. The summed E-state index contributed by atoms with van der Waals surface area (Å²) < 4.78 is 5.49. The van der Waals surface area contributed by atoms with Crippen LogP contribution in [0.2, 0.25) is 0 Å². The monoisotopic (exact) mass is 254 g/mol. The Bertz CT molecular complexity index is 532. The van der Waals surface area contributed by atoms with Gasteiger partial charge in [-0.1, -0.05) is 42.5 Å². The highest BCUT2D eigenvalue weighted by atomic mass is 16.5. The van der Waals surface area contributed by atoms with E-state index in [4.69, 9.17) is 4.74 Å². The molecule has 0 aliphatic heterocycles. The maximum atomic E-state index is 12.2. The molecule has 0 atom stereocenters. The second-order valence-corrected chi connectivity index (χ2v) is 4.34. The van der Waals surface area contributed by atoms with Gasteiger partial charge in [0.1, 0.15) is 5.75 Å². The van der Waals surface area contributed by atoms with E-state index in [2.05, 4.69) is 0 Å². The molecule has 19 heavy (non-hydrogen) atoms. The maximum absolute atomic E-state index is 12.2. The molecule has 2 nitrogen and oxygen atoms in total. The number of hydrogen-bond donors (Lipinski definition) is 0. The number of para-hydroxylation sites is 1. The van der Waals surface area contributed by atoms with Crippen LogP contribution in [0.1, 0.15) is 29.3 Å². The molecule has 0 saturated carbocycles. The van der Waals surface area contributed by atoms with E-state index in [1.165, 1.54) is 5.56 Å². The van der Waals surface area contributed by atoms with Crippen LogP contribution in [0.4, 0.5) is 0 Å². The number of aryl methyl sites for hydroxylation is 1. The number of ether oxygens (including phenoxy) is 1. The summed E-state index contributed by atoms with van der Waals surface area (Å²) in [6.45, 7) is 2.49. The lowest BCUT2D eigenvalue weighted by atomic mass is 10.0. The molecule has 0 bridgehead atoms. The molecule has 0 spiro atoms. The van der Waals surface area contributed by atoms with Crippen molar-refractivity contribution in [3.05, 3.63) is 65.7 Å². The fourth-order valence-corrected chi connectivity index (χ4v) is 2.02. The van der Waals surface area contributed by atoms with E-state index < -0.39 is 0 Å². The van der Waals surface area contributed by atoms with Crippen LogP contribution >= 0.6 is 0 Å². The Morgan fingerprint density at radius 2 is 1.68 bits per heavy atom. The Hall–Kier alpha value is -2.09. The van der Waals surface area contributed by atoms with Crippen molar-refractivity contribution in [3.63, 3.8) is 0 Å². The van der Waals surface area contributed by atoms with Crippen LogP contribution in [0.5, 0.6) is 5.75 Å². The van der Waals surface area contributed by atoms with E-state index in [-0.39, 0.29) is 5.78 Å². The minimum absolute atomic E-state index is 0.132. The van der Waals surface area contributed by atoms with Gasteiger partial charge in [-0.25, -0.2) is 0 Å².